The zero-order chi connectivity index (χ0) is 13.4. The summed E-state index contributed by atoms with van der Waals surface area (Å²) in [6.45, 7) is 8.29. The molecule has 2 aromatic heterocycles. The fourth-order valence-corrected chi connectivity index (χ4v) is 2.70. The summed E-state index contributed by atoms with van der Waals surface area (Å²) in [7, 11) is 0. The molecule has 0 aliphatic heterocycles. The van der Waals surface area contributed by atoms with Crippen molar-refractivity contribution in [1.82, 2.24) is 9.55 Å². The molecule has 2 rings (SSSR count). The molecule has 5 heteroatoms. The molecule has 96 valence electrons. The van der Waals surface area contributed by atoms with Crippen molar-refractivity contribution in [2.45, 2.75) is 34.2 Å². The van der Waals surface area contributed by atoms with Crippen molar-refractivity contribution in [2.24, 2.45) is 0 Å². The van der Waals surface area contributed by atoms with Gasteiger partial charge in [0, 0.05) is 22.5 Å². The number of aromatic nitrogens is 2. The lowest BCUT2D eigenvalue weighted by Crippen LogP contribution is -2.17. The number of nitrogen functional groups attached to an aromatic ring is 1. The number of rotatable bonds is 2. The Morgan fingerprint density at radius 2 is 2.00 bits per heavy atom. The highest BCUT2D eigenvalue weighted by molar-refractivity contribution is 7.09. The number of nitrogens with zero attached hydrogens (tertiary/aromatic N) is 2. The first-order chi connectivity index (χ1) is 8.41. The van der Waals surface area contributed by atoms with E-state index in [0.717, 1.165) is 33.1 Å². The van der Waals surface area contributed by atoms with E-state index in [1.165, 1.54) is 11.3 Å². The Balaban J connectivity index is 2.47. The second-order valence-electron chi connectivity index (χ2n) is 4.52. The summed E-state index contributed by atoms with van der Waals surface area (Å²) in [5, 5.41) is 0. The van der Waals surface area contributed by atoms with Gasteiger partial charge in [-0.2, -0.15) is 0 Å². The smallest absolute Gasteiger partial charge is 0.307 e. The predicted octanol–water partition coefficient (Wildman–Crippen LogP) is 2.17. The van der Waals surface area contributed by atoms with E-state index in [4.69, 9.17) is 5.73 Å². The Kier molecular flexibility index (Phi) is 3.26. The first kappa shape index (κ1) is 12.8. The van der Waals surface area contributed by atoms with Gasteiger partial charge < -0.3 is 5.73 Å². The Morgan fingerprint density at radius 3 is 2.56 bits per heavy atom. The highest BCUT2D eigenvalue weighted by Crippen LogP contribution is 2.19. The molecule has 0 atom stereocenters. The van der Waals surface area contributed by atoms with Crippen LogP contribution in [0.2, 0.25) is 0 Å². The van der Waals surface area contributed by atoms with Gasteiger partial charge in [-0.05, 0) is 38.8 Å². The highest BCUT2D eigenvalue weighted by atomic mass is 32.1. The Hall–Kier alpha value is -1.62. The maximum absolute atomic E-state index is 11.9. The van der Waals surface area contributed by atoms with Crippen LogP contribution in [-0.2, 0) is 6.54 Å². The molecule has 0 fully saturated rings. The van der Waals surface area contributed by atoms with Crippen molar-refractivity contribution in [3.8, 4) is 0 Å². The van der Waals surface area contributed by atoms with Crippen LogP contribution in [0, 0.1) is 27.7 Å². The van der Waals surface area contributed by atoms with Crippen molar-refractivity contribution in [3.63, 3.8) is 0 Å². The van der Waals surface area contributed by atoms with Crippen LogP contribution in [0.15, 0.2) is 11.0 Å². The Morgan fingerprint density at radius 1 is 1.33 bits per heavy atom. The van der Waals surface area contributed by atoms with Crippen LogP contribution < -0.4 is 10.6 Å². The van der Waals surface area contributed by atoms with Crippen LogP contribution in [-0.4, -0.2) is 9.55 Å². The topological polar surface area (TPSA) is 60.9 Å². The number of thiazole rings is 1. The molecule has 4 nitrogen and oxygen atoms in total. The first-order valence-electron chi connectivity index (χ1n) is 5.79. The molecule has 0 aromatic carbocycles. The van der Waals surface area contributed by atoms with Crippen LogP contribution in [0.3, 0.4) is 0 Å². The molecular formula is C13H17N3OS. The average Bonchev–Trinajstić information content (AvgIpc) is 2.56. The largest absolute Gasteiger partial charge is 0.398 e. The van der Waals surface area contributed by atoms with Gasteiger partial charge in [0.15, 0.2) is 0 Å². The molecule has 2 aromatic rings. The third-order valence-electron chi connectivity index (χ3n) is 3.36. The molecular weight excluding hydrogens is 246 g/mol. The highest BCUT2D eigenvalue weighted by Gasteiger charge is 2.12. The molecule has 0 aliphatic rings. The summed E-state index contributed by atoms with van der Waals surface area (Å²) in [6.07, 6.45) is 1.76. The quantitative estimate of drug-likeness (QED) is 0.903. The minimum absolute atomic E-state index is 0.0605. The maximum atomic E-state index is 11.9. The van der Waals surface area contributed by atoms with Crippen molar-refractivity contribution >= 4 is 17.0 Å². The number of hydrogen-bond donors (Lipinski definition) is 1. The van der Waals surface area contributed by atoms with E-state index < -0.39 is 0 Å². The average molecular weight is 263 g/mol. The second-order valence-corrected chi connectivity index (χ2v) is 5.69. The zero-order valence-corrected chi connectivity index (χ0v) is 11.9. The van der Waals surface area contributed by atoms with Gasteiger partial charge in [-0.25, -0.2) is 0 Å². The molecule has 18 heavy (non-hydrogen) atoms. The summed E-state index contributed by atoms with van der Waals surface area (Å²) < 4.78 is 1.75. The lowest BCUT2D eigenvalue weighted by Gasteiger charge is -2.11. The molecule has 0 bridgehead atoms. The third kappa shape index (κ3) is 2.06. The Labute approximate surface area is 110 Å². The van der Waals surface area contributed by atoms with Gasteiger partial charge in [0.25, 0.3) is 0 Å². The van der Waals surface area contributed by atoms with Gasteiger partial charge in [0.05, 0.1) is 12.2 Å². The number of pyridine rings is 1. The van der Waals surface area contributed by atoms with Gasteiger partial charge in [0.1, 0.15) is 0 Å². The van der Waals surface area contributed by atoms with Crippen LogP contribution in [0.4, 0.5) is 5.69 Å². The molecule has 0 saturated carbocycles. The number of nitrogens with two attached hydrogens (primary N) is 1. The first-order valence-corrected chi connectivity index (χ1v) is 6.61. The lowest BCUT2D eigenvalue weighted by molar-refractivity contribution is 0.727. The van der Waals surface area contributed by atoms with Gasteiger partial charge >= 0.3 is 4.87 Å². The number of aryl methyl sites for hydroxylation is 2. The minimum Gasteiger partial charge on any atom is -0.398 e. The molecule has 2 heterocycles. The number of hydrogen-bond acceptors (Lipinski definition) is 4. The van der Waals surface area contributed by atoms with Crippen molar-refractivity contribution in [1.29, 1.82) is 0 Å². The summed E-state index contributed by atoms with van der Waals surface area (Å²) in [5.41, 5.74) is 10.6. The molecule has 0 aliphatic carbocycles. The molecule has 0 unspecified atom stereocenters. The van der Waals surface area contributed by atoms with Crippen LogP contribution in [0.1, 0.15) is 27.4 Å². The van der Waals surface area contributed by atoms with E-state index in [1.807, 2.05) is 27.7 Å². The summed E-state index contributed by atoms with van der Waals surface area (Å²) in [6, 6.07) is 0. The van der Waals surface area contributed by atoms with E-state index in [-0.39, 0.29) is 4.87 Å². The predicted molar refractivity (Wildman–Crippen MR) is 75.3 cm³/mol. The monoisotopic (exact) mass is 263 g/mol. The van der Waals surface area contributed by atoms with E-state index in [9.17, 15) is 4.79 Å². The second kappa shape index (κ2) is 4.57. The van der Waals surface area contributed by atoms with Crippen LogP contribution >= 0.6 is 11.3 Å². The summed E-state index contributed by atoms with van der Waals surface area (Å²) in [5.74, 6) is 0. The van der Waals surface area contributed by atoms with Gasteiger partial charge in [-0.15, -0.1) is 0 Å². The standard InChI is InChI=1S/C13H17N3OS/c1-7-5-15-11(8(2)12(7)14)6-16-9(3)10(4)18-13(16)17/h5H,6H2,1-4H3,(H2,14,15). The molecule has 0 radical (unpaired) electrons. The molecule has 0 amide bonds. The van der Waals surface area contributed by atoms with E-state index in [0.29, 0.717) is 6.54 Å². The number of anilines is 1. The Bertz CT molecular complexity index is 655. The lowest BCUT2D eigenvalue weighted by atomic mass is 10.1. The molecule has 0 saturated heterocycles. The van der Waals surface area contributed by atoms with E-state index in [1.54, 1.807) is 10.8 Å². The SMILES string of the molecule is Cc1cnc(Cn2c(C)c(C)sc2=O)c(C)c1N. The minimum atomic E-state index is 0.0605. The summed E-state index contributed by atoms with van der Waals surface area (Å²) in [4.78, 5) is 17.4. The van der Waals surface area contributed by atoms with Crippen molar-refractivity contribution < 1.29 is 0 Å². The van der Waals surface area contributed by atoms with Crippen LogP contribution in [0.5, 0.6) is 0 Å². The normalized spacial score (nSPS) is 10.9. The fourth-order valence-electron chi connectivity index (χ4n) is 1.87. The fraction of sp³-hybridized carbons (Fsp3) is 0.385. The molecule has 0 spiro atoms. The van der Waals surface area contributed by atoms with Gasteiger partial charge in [-0.3, -0.25) is 14.3 Å². The van der Waals surface area contributed by atoms with Gasteiger partial charge in [-0.1, -0.05) is 11.3 Å². The van der Waals surface area contributed by atoms with E-state index in [2.05, 4.69) is 4.98 Å². The third-order valence-corrected chi connectivity index (χ3v) is 4.36. The summed E-state index contributed by atoms with van der Waals surface area (Å²) >= 11 is 1.28. The van der Waals surface area contributed by atoms with E-state index >= 15 is 0 Å². The zero-order valence-electron chi connectivity index (χ0n) is 11.1. The van der Waals surface area contributed by atoms with Gasteiger partial charge in [0.2, 0.25) is 0 Å². The molecule has 2 N–H and O–H groups in total. The van der Waals surface area contributed by atoms with Crippen LogP contribution in [0.25, 0.3) is 0 Å². The van der Waals surface area contributed by atoms with Crippen molar-refractivity contribution in [2.75, 3.05) is 5.73 Å². The maximum Gasteiger partial charge on any atom is 0.307 e. The van der Waals surface area contributed by atoms with Crippen molar-refractivity contribution in [3.05, 3.63) is 43.3 Å².